The van der Waals surface area contributed by atoms with Gasteiger partial charge in [0.25, 0.3) is 0 Å². The minimum atomic E-state index is 0.290. The number of rotatable bonds is 4. The van der Waals surface area contributed by atoms with Crippen molar-refractivity contribution >= 4 is 16.7 Å². The lowest BCUT2D eigenvalue weighted by atomic mass is 9.96. The number of anilines is 1. The molecule has 0 spiro atoms. The first-order valence-corrected chi connectivity index (χ1v) is 11.2. The molecule has 5 rings (SSSR count). The quantitative estimate of drug-likeness (QED) is 0.428. The van der Waals surface area contributed by atoms with Gasteiger partial charge < -0.3 is 4.90 Å². The molecular formula is C28H29N3. The molecule has 0 unspecified atom stereocenters. The van der Waals surface area contributed by atoms with Crippen molar-refractivity contribution in [1.29, 1.82) is 0 Å². The van der Waals surface area contributed by atoms with Gasteiger partial charge >= 0.3 is 0 Å². The van der Waals surface area contributed by atoms with Crippen LogP contribution in [0.3, 0.4) is 0 Å². The minimum Gasteiger partial charge on any atom is -0.354 e. The molecule has 31 heavy (non-hydrogen) atoms. The fourth-order valence-corrected chi connectivity index (χ4v) is 4.77. The highest BCUT2D eigenvalue weighted by Gasteiger charge is 2.27. The van der Waals surface area contributed by atoms with E-state index in [2.05, 4.69) is 109 Å². The lowest BCUT2D eigenvalue weighted by Crippen LogP contribution is -2.48. The summed E-state index contributed by atoms with van der Waals surface area (Å²) >= 11 is 0. The van der Waals surface area contributed by atoms with Crippen LogP contribution >= 0.6 is 0 Å². The fraction of sp³-hybridized carbons (Fsp3) is 0.250. The number of benzene rings is 3. The van der Waals surface area contributed by atoms with Gasteiger partial charge in [-0.3, -0.25) is 4.90 Å². The molecule has 3 aromatic carbocycles. The van der Waals surface area contributed by atoms with Crippen molar-refractivity contribution in [1.82, 2.24) is 9.88 Å². The van der Waals surface area contributed by atoms with Crippen LogP contribution in [0.15, 0.2) is 84.9 Å². The van der Waals surface area contributed by atoms with E-state index in [4.69, 9.17) is 4.98 Å². The van der Waals surface area contributed by atoms with Crippen molar-refractivity contribution in [2.45, 2.75) is 19.9 Å². The number of fused-ring (bicyclic) bond motifs is 1. The Bertz CT molecular complexity index is 1120. The van der Waals surface area contributed by atoms with E-state index in [0.29, 0.717) is 0 Å². The number of piperazine rings is 1. The molecule has 4 aromatic rings. The third-order valence-electron chi connectivity index (χ3n) is 6.35. The molecule has 0 N–H and O–H groups in total. The molecule has 1 aliphatic heterocycles. The number of nitrogens with zero attached hydrogens (tertiary/aromatic N) is 3. The van der Waals surface area contributed by atoms with Gasteiger partial charge in [-0.2, -0.15) is 0 Å². The van der Waals surface area contributed by atoms with Gasteiger partial charge in [-0.15, -0.1) is 0 Å². The van der Waals surface area contributed by atoms with Crippen LogP contribution in [0.4, 0.5) is 5.82 Å². The van der Waals surface area contributed by atoms with Gasteiger partial charge in [-0.25, -0.2) is 4.98 Å². The average molecular weight is 408 g/mol. The van der Waals surface area contributed by atoms with Gasteiger partial charge in [0, 0.05) is 31.6 Å². The Morgan fingerprint density at radius 1 is 0.710 bits per heavy atom. The summed E-state index contributed by atoms with van der Waals surface area (Å²) in [6.07, 6.45) is 0. The summed E-state index contributed by atoms with van der Waals surface area (Å²) in [5.41, 5.74) is 6.32. The smallest absolute Gasteiger partial charge is 0.132 e. The van der Waals surface area contributed by atoms with E-state index in [9.17, 15) is 0 Å². The summed E-state index contributed by atoms with van der Waals surface area (Å²) in [4.78, 5) is 10.1. The van der Waals surface area contributed by atoms with Crippen LogP contribution < -0.4 is 4.90 Å². The Kier molecular flexibility index (Phi) is 5.44. The van der Waals surface area contributed by atoms with Crippen LogP contribution in [0, 0.1) is 13.8 Å². The fourth-order valence-electron chi connectivity index (χ4n) is 4.77. The van der Waals surface area contributed by atoms with Crippen LogP contribution in [0.5, 0.6) is 0 Å². The molecule has 0 bridgehead atoms. The Morgan fingerprint density at radius 2 is 1.32 bits per heavy atom. The van der Waals surface area contributed by atoms with E-state index in [1.54, 1.807) is 0 Å². The van der Waals surface area contributed by atoms with Crippen LogP contribution in [-0.2, 0) is 0 Å². The summed E-state index contributed by atoms with van der Waals surface area (Å²) in [6.45, 7) is 8.32. The van der Waals surface area contributed by atoms with Gasteiger partial charge in [0.2, 0.25) is 0 Å². The number of aromatic nitrogens is 1. The van der Waals surface area contributed by atoms with E-state index in [1.807, 2.05) is 0 Å². The number of aryl methyl sites for hydroxylation is 2. The molecule has 2 heterocycles. The topological polar surface area (TPSA) is 19.4 Å². The Hall–Kier alpha value is -3.17. The summed E-state index contributed by atoms with van der Waals surface area (Å²) in [5, 5.41) is 1.22. The molecular weight excluding hydrogens is 378 g/mol. The zero-order valence-corrected chi connectivity index (χ0v) is 18.3. The maximum atomic E-state index is 5.05. The second-order valence-electron chi connectivity index (χ2n) is 8.57. The van der Waals surface area contributed by atoms with Crippen molar-refractivity contribution in [3.8, 4) is 0 Å². The third-order valence-corrected chi connectivity index (χ3v) is 6.35. The third kappa shape index (κ3) is 4.06. The van der Waals surface area contributed by atoms with E-state index < -0.39 is 0 Å². The van der Waals surface area contributed by atoms with E-state index in [1.165, 1.54) is 27.6 Å². The van der Waals surface area contributed by atoms with Gasteiger partial charge in [0.1, 0.15) is 5.82 Å². The highest BCUT2D eigenvalue weighted by molar-refractivity contribution is 5.82. The van der Waals surface area contributed by atoms with Crippen LogP contribution in [0.2, 0.25) is 0 Å². The van der Waals surface area contributed by atoms with Crippen molar-refractivity contribution in [3.05, 3.63) is 107 Å². The first-order valence-electron chi connectivity index (χ1n) is 11.2. The largest absolute Gasteiger partial charge is 0.354 e. The molecule has 3 nitrogen and oxygen atoms in total. The molecule has 0 aliphatic carbocycles. The predicted molar refractivity (Wildman–Crippen MR) is 130 cm³/mol. The van der Waals surface area contributed by atoms with Gasteiger partial charge in [-0.05, 0) is 48.2 Å². The second kappa shape index (κ2) is 8.52. The monoisotopic (exact) mass is 407 g/mol. The van der Waals surface area contributed by atoms with Crippen molar-refractivity contribution in [2.75, 3.05) is 31.1 Å². The highest BCUT2D eigenvalue weighted by atomic mass is 15.3. The molecule has 1 saturated heterocycles. The molecule has 0 saturated carbocycles. The zero-order valence-electron chi connectivity index (χ0n) is 18.3. The van der Waals surface area contributed by atoms with Gasteiger partial charge in [0.05, 0.1) is 11.6 Å². The van der Waals surface area contributed by atoms with Crippen LogP contribution in [0.1, 0.15) is 28.3 Å². The van der Waals surface area contributed by atoms with Crippen LogP contribution in [0.25, 0.3) is 10.9 Å². The summed E-state index contributed by atoms with van der Waals surface area (Å²) in [6, 6.07) is 30.9. The Morgan fingerprint density at radius 3 is 1.94 bits per heavy atom. The first-order chi connectivity index (χ1) is 15.2. The molecule has 1 fully saturated rings. The lowest BCUT2D eigenvalue weighted by molar-refractivity contribution is 0.212. The number of pyridine rings is 1. The predicted octanol–water partition coefficient (Wildman–Crippen LogP) is 5.76. The van der Waals surface area contributed by atoms with E-state index >= 15 is 0 Å². The summed E-state index contributed by atoms with van der Waals surface area (Å²) in [7, 11) is 0. The summed E-state index contributed by atoms with van der Waals surface area (Å²) < 4.78 is 0. The highest BCUT2D eigenvalue weighted by Crippen LogP contribution is 2.31. The minimum absolute atomic E-state index is 0.290. The molecule has 1 aliphatic rings. The van der Waals surface area contributed by atoms with Crippen molar-refractivity contribution in [2.24, 2.45) is 0 Å². The number of hydrogen-bond acceptors (Lipinski definition) is 3. The first kappa shape index (κ1) is 19.8. The Balaban J connectivity index is 1.40. The van der Waals surface area contributed by atoms with Gasteiger partial charge in [-0.1, -0.05) is 72.8 Å². The zero-order chi connectivity index (χ0) is 21.2. The van der Waals surface area contributed by atoms with Crippen molar-refractivity contribution in [3.63, 3.8) is 0 Å². The lowest BCUT2D eigenvalue weighted by Gasteiger charge is -2.40. The maximum absolute atomic E-state index is 5.05. The molecule has 0 radical (unpaired) electrons. The summed E-state index contributed by atoms with van der Waals surface area (Å²) in [5.74, 6) is 1.13. The molecule has 0 atom stereocenters. The van der Waals surface area contributed by atoms with Crippen LogP contribution in [-0.4, -0.2) is 36.1 Å². The molecule has 0 amide bonds. The average Bonchev–Trinajstić information content (AvgIpc) is 2.81. The van der Waals surface area contributed by atoms with Crippen molar-refractivity contribution < 1.29 is 0 Å². The second-order valence-corrected chi connectivity index (χ2v) is 8.57. The SMILES string of the molecule is Cc1ccc2cc(C)c(N3CCN(C(c4ccccc4)c4ccccc4)CC3)nc2c1. The standard InChI is InChI=1S/C28H29N3/c1-21-13-14-25-20-22(2)28(29-26(25)19-21)31-17-15-30(16-18-31)27(23-9-5-3-6-10-23)24-11-7-4-8-12-24/h3-14,19-20,27H,15-18H2,1-2H3. The molecule has 1 aromatic heterocycles. The van der Waals surface area contributed by atoms with E-state index in [0.717, 1.165) is 37.5 Å². The Labute approximate surface area is 185 Å². The molecule has 156 valence electrons. The maximum Gasteiger partial charge on any atom is 0.132 e. The molecule has 3 heteroatoms. The van der Waals surface area contributed by atoms with E-state index in [-0.39, 0.29) is 6.04 Å². The number of hydrogen-bond donors (Lipinski definition) is 0. The normalized spacial score (nSPS) is 15.0. The van der Waals surface area contributed by atoms with Gasteiger partial charge in [0.15, 0.2) is 0 Å².